The van der Waals surface area contributed by atoms with E-state index < -0.39 is 0 Å². The Balaban J connectivity index is 3.91. The third-order valence-electron chi connectivity index (χ3n) is 2.05. The van der Waals surface area contributed by atoms with Gasteiger partial charge in [0.1, 0.15) is 5.78 Å². The Morgan fingerprint density at radius 3 is 2.27 bits per heavy atom. The molecule has 11 heavy (non-hydrogen) atoms. The highest BCUT2D eigenvalue weighted by molar-refractivity contribution is 5.80. The Bertz CT molecular complexity index is 123. The SMILES string of the molecule is CCCN(CC)[C@H](C)C(C)=O. The minimum absolute atomic E-state index is 0.0972. The molecule has 0 saturated carbocycles. The number of likely N-dealkylation sites (N-methyl/N-ethyl adjacent to an activating group) is 1. The van der Waals surface area contributed by atoms with Crippen LogP contribution in [0.5, 0.6) is 0 Å². The van der Waals surface area contributed by atoms with Crippen molar-refractivity contribution in [3.05, 3.63) is 0 Å². The zero-order chi connectivity index (χ0) is 8.85. The summed E-state index contributed by atoms with van der Waals surface area (Å²) in [6.45, 7) is 9.85. The molecule has 66 valence electrons. The van der Waals surface area contributed by atoms with Crippen LogP contribution < -0.4 is 0 Å². The highest BCUT2D eigenvalue weighted by atomic mass is 16.1. The number of ketones is 1. The molecule has 0 aromatic rings. The van der Waals surface area contributed by atoms with Gasteiger partial charge in [0.05, 0.1) is 6.04 Å². The van der Waals surface area contributed by atoms with E-state index in [1.807, 2.05) is 6.92 Å². The summed E-state index contributed by atoms with van der Waals surface area (Å²) in [4.78, 5) is 13.2. The molecule has 0 aromatic carbocycles. The second-order valence-electron chi connectivity index (χ2n) is 2.92. The van der Waals surface area contributed by atoms with Crippen molar-refractivity contribution >= 4 is 5.78 Å². The Morgan fingerprint density at radius 1 is 1.45 bits per heavy atom. The Kier molecular flexibility index (Phi) is 5.12. The number of Topliss-reactive ketones (excluding diaryl/α,β-unsaturated/α-hetero) is 1. The van der Waals surface area contributed by atoms with Gasteiger partial charge in [-0.3, -0.25) is 9.69 Å². The first kappa shape index (κ1) is 10.6. The van der Waals surface area contributed by atoms with Gasteiger partial charge in [0.2, 0.25) is 0 Å². The molecule has 0 heterocycles. The zero-order valence-corrected chi connectivity index (χ0v) is 8.05. The van der Waals surface area contributed by atoms with Crippen LogP contribution >= 0.6 is 0 Å². The molecule has 0 aliphatic rings. The largest absolute Gasteiger partial charge is 0.298 e. The molecule has 0 aliphatic carbocycles. The van der Waals surface area contributed by atoms with Crippen LogP contribution in [0, 0.1) is 0 Å². The smallest absolute Gasteiger partial charge is 0.146 e. The zero-order valence-electron chi connectivity index (χ0n) is 8.05. The van der Waals surface area contributed by atoms with Gasteiger partial charge in [0.25, 0.3) is 0 Å². The van der Waals surface area contributed by atoms with Gasteiger partial charge in [0, 0.05) is 0 Å². The van der Waals surface area contributed by atoms with Gasteiger partial charge in [-0.2, -0.15) is 0 Å². The van der Waals surface area contributed by atoms with Crippen molar-refractivity contribution in [2.24, 2.45) is 0 Å². The van der Waals surface area contributed by atoms with Crippen LogP contribution in [-0.4, -0.2) is 29.8 Å². The van der Waals surface area contributed by atoms with Crippen molar-refractivity contribution in [1.82, 2.24) is 4.90 Å². The van der Waals surface area contributed by atoms with Crippen LogP contribution in [0.1, 0.15) is 34.1 Å². The quantitative estimate of drug-likeness (QED) is 0.605. The molecular formula is C9H19NO. The maximum Gasteiger partial charge on any atom is 0.146 e. The maximum atomic E-state index is 11.0. The fourth-order valence-electron chi connectivity index (χ4n) is 1.17. The van der Waals surface area contributed by atoms with E-state index >= 15 is 0 Å². The summed E-state index contributed by atoms with van der Waals surface area (Å²) < 4.78 is 0. The van der Waals surface area contributed by atoms with Crippen molar-refractivity contribution in [1.29, 1.82) is 0 Å². The average Bonchev–Trinajstić information content (AvgIpc) is 1.98. The van der Waals surface area contributed by atoms with Crippen molar-refractivity contribution in [3.63, 3.8) is 0 Å². The van der Waals surface area contributed by atoms with E-state index in [0.717, 1.165) is 19.5 Å². The third kappa shape index (κ3) is 3.51. The number of carbonyl (C=O) groups is 1. The number of hydrogen-bond donors (Lipinski definition) is 0. The lowest BCUT2D eigenvalue weighted by Gasteiger charge is -2.24. The van der Waals surface area contributed by atoms with E-state index in [4.69, 9.17) is 0 Å². The Labute approximate surface area is 69.6 Å². The summed E-state index contributed by atoms with van der Waals surface area (Å²) in [7, 11) is 0. The lowest BCUT2D eigenvalue weighted by molar-refractivity contribution is -0.121. The van der Waals surface area contributed by atoms with Gasteiger partial charge in [-0.25, -0.2) is 0 Å². The standard InChI is InChI=1S/C9H19NO/c1-5-7-10(6-2)8(3)9(4)11/h8H,5-7H2,1-4H3/t8-/m1/s1. The number of carbonyl (C=O) groups excluding carboxylic acids is 1. The highest BCUT2D eigenvalue weighted by Crippen LogP contribution is 2.00. The number of hydrogen-bond acceptors (Lipinski definition) is 2. The van der Waals surface area contributed by atoms with Crippen LogP contribution in [0.2, 0.25) is 0 Å². The van der Waals surface area contributed by atoms with Crippen molar-refractivity contribution in [2.45, 2.75) is 40.2 Å². The van der Waals surface area contributed by atoms with Crippen molar-refractivity contribution in [3.8, 4) is 0 Å². The fraction of sp³-hybridized carbons (Fsp3) is 0.889. The van der Waals surface area contributed by atoms with E-state index in [2.05, 4.69) is 18.7 Å². The van der Waals surface area contributed by atoms with E-state index in [9.17, 15) is 4.79 Å². The maximum absolute atomic E-state index is 11.0. The van der Waals surface area contributed by atoms with Crippen LogP contribution in [0.4, 0.5) is 0 Å². The van der Waals surface area contributed by atoms with Crippen molar-refractivity contribution < 1.29 is 4.79 Å². The Morgan fingerprint density at radius 2 is 2.00 bits per heavy atom. The van der Waals surface area contributed by atoms with E-state index in [1.165, 1.54) is 0 Å². The molecule has 0 bridgehead atoms. The summed E-state index contributed by atoms with van der Waals surface area (Å²) in [5, 5.41) is 0. The summed E-state index contributed by atoms with van der Waals surface area (Å²) >= 11 is 0. The minimum Gasteiger partial charge on any atom is -0.298 e. The molecule has 1 atom stereocenters. The number of rotatable bonds is 5. The second kappa shape index (κ2) is 5.30. The lowest BCUT2D eigenvalue weighted by Crippen LogP contribution is -2.38. The molecule has 0 aromatic heterocycles. The molecule has 0 saturated heterocycles. The van der Waals surface area contributed by atoms with Gasteiger partial charge in [0.15, 0.2) is 0 Å². The van der Waals surface area contributed by atoms with Crippen LogP contribution in [-0.2, 0) is 4.79 Å². The van der Waals surface area contributed by atoms with Crippen molar-refractivity contribution in [2.75, 3.05) is 13.1 Å². The summed E-state index contributed by atoms with van der Waals surface area (Å²) in [6.07, 6.45) is 1.12. The Hall–Kier alpha value is -0.370. The van der Waals surface area contributed by atoms with Gasteiger partial charge < -0.3 is 0 Å². The topological polar surface area (TPSA) is 20.3 Å². The lowest BCUT2D eigenvalue weighted by atomic mass is 10.2. The van der Waals surface area contributed by atoms with E-state index in [0.29, 0.717) is 0 Å². The predicted octanol–water partition coefficient (Wildman–Crippen LogP) is 1.70. The van der Waals surface area contributed by atoms with Gasteiger partial charge in [-0.15, -0.1) is 0 Å². The summed E-state index contributed by atoms with van der Waals surface area (Å²) in [6, 6.07) is 0.0972. The van der Waals surface area contributed by atoms with E-state index in [1.54, 1.807) is 6.92 Å². The molecular weight excluding hydrogens is 138 g/mol. The summed E-state index contributed by atoms with van der Waals surface area (Å²) in [5.41, 5.74) is 0. The first-order valence-electron chi connectivity index (χ1n) is 4.38. The molecule has 2 nitrogen and oxygen atoms in total. The van der Waals surface area contributed by atoms with Crippen LogP contribution in [0.3, 0.4) is 0 Å². The number of nitrogens with zero attached hydrogens (tertiary/aromatic N) is 1. The normalized spacial score (nSPS) is 13.5. The molecule has 0 fully saturated rings. The predicted molar refractivity (Wildman–Crippen MR) is 47.7 cm³/mol. The molecule has 2 heteroatoms. The van der Waals surface area contributed by atoms with Gasteiger partial charge >= 0.3 is 0 Å². The molecule has 0 N–H and O–H groups in total. The minimum atomic E-state index is 0.0972. The molecule has 0 aliphatic heterocycles. The fourth-order valence-corrected chi connectivity index (χ4v) is 1.17. The highest BCUT2D eigenvalue weighted by Gasteiger charge is 2.14. The summed E-state index contributed by atoms with van der Waals surface area (Å²) in [5.74, 6) is 0.264. The van der Waals surface area contributed by atoms with Crippen LogP contribution in [0.15, 0.2) is 0 Å². The molecule has 0 radical (unpaired) electrons. The average molecular weight is 157 g/mol. The first-order chi connectivity index (χ1) is 5.13. The molecule has 0 spiro atoms. The second-order valence-corrected chi connectivity index (χ2v) is 2.92. The van der Waals surface area contributed by atoms with E-state index in [-0.39, 0.29) is 11.8 Å². The van der Waals surface area contributed by atoms with Gasteiger partial charge in [-0.1, -0.05) is 13.8 Å². The first-order valence-corrected chi connectivity index (χ1v) is 4.38. The monoisotopic (exact) mass is 157 g/mol. The van der Waals surface area contributed by atoms with Gasteiger partial charge in [-0.05, 0) is 33.4 Å². The molecule has 0 amide bonds. The molecule has 0 rings (SSSR count). The third-order valence-corrected chi connectivity index (χ3v) is 2.05. The van der Waals surface area contributed by atoms with Crippen LogP contribution in [0.25, 0.3) is 0 Å². The molecule has 0 unspecified atom stereocenters.